The number of hydrazine groups is 1. The van der Waals surface area contributed by atoms with E-state index in [9.17, 15) is 0 Å². The van der Waals surface area contributed by atoms with E-state index in [1.54, 1.807) is 0 Å². The predicted octanol–water partition coefficient (Wildman–Crippen LogP) is 2.06. The molecule has 0 radical (unpaired) electrons. The van der Waals surface area contributed by atoms with Crippen LogP contribution in [0.15, 0.2) is 0 Å². The van der Waals surface area contributed by atoms with Gasteiger partial charge in [0.25, 0.3) is 0 Å². The smallest absolute Gasteiger partial charge is 0.148 e. The number of ether oxygens (including phenoxy) is 1. The van der Waals surface area contributed by atoms with Gasteiger partial charge in [-0.25, -0.2) is 15.8 Å². The summed E-state index contributed by atoms with van der Waals surface area (Å²) in [4.78, 5) is 11.2. The number of nitrogens with one attached hydrogen (secondary N) is 1. The fourth-order valence-electron chi connectivity index (χ4n) is 2.13. The molecule has 0 bridgehead atoms. The van der Waals surface area contributed by atoms with Crippen LogP contribution in [0.5, 0.6) is 0 Å². The molecule has 0 atom stereocenters. The third-order valence-electron chi connectivity index (χ3n) is 3.77. The second kappa shape index (κ2) is 7.04. The number of nitrogen functional groups attached to an aromatic ring is 1. The van der Waals surface area contributed by atoms with Gasteiger partial charge in [-0.1, -0.05) is 13.8 Å². The molecule has 0 spiro atoms. The molecule has 1 aliphatic rings. The Labute approximate surface area is 127 Å². The third kappa shape index (κ3) is 4.28. The number of nitrogens with zero attached hydrogens (tertiary/aromatic N) is 3. The van der Waals surface area contributed by atoms with Crippen LogP contribution in [0.2, 0.25) is 0 Å². The normalized spacial score (nSPS) is 14.6. The van der Waals surface area contributed by atoms with Gasteiger partial charge in [-0.15, -0.1) is 0 Å². The molecule has 118 valence electrons. The van der Waals surface area contributed by atoms with E-state index in [1.165, 1.54) is 12.8 Å². The first-order valence-corrected chi connectivity index (χ1v) is 7.67. The van der Waals surface area contributed by atoms with Gasteiger partial charge in [-0.05, 0) is 25.7 Å². The van der Waals surface area contributed by atoms with Crippen LogP contribution in [0.3, 0.4) is 0 Å². The minimum atomic E-state index is 0.260. The van der Waals surface area contributed by atoms with Crippen molar-refractivity contribution in [2.75, 3.05) is 37.1 Å². The lowest BCUT2D eigenvalue weighted by molar-refractivity contribution is 0.130. The third-order valence-corrected chi connectivity index (χ3v) is 3.77. The molecule has 1 aromatic rings. The zero-order valence-corrected chi connectivity index (χ0v) is 13.5. The summed E-state index contributed by atoms with van der Waals surface area (Å²) in [5, 5.41) is 0. The highest BCUT2D eigenvalue weighted by atomic mass is 16.5. The molecule has 1 aromatic heterocycles. The van der Waals surface area contributed by atoms with Crippen molar-refractivity contribution in [3.05, 3.63) is 11.4 Å². The first kappa shape index (κ1) is 16.0. The molecule has 0 aromatic carbocycles. The Morgan fingerprint density at radius 3 is 2.67 bits per heavy atom. The number of hydrogen-bond acceptors (Lipinski definition) is 6. The molecule has 21 heavy (non-hydrogen) atoms. The van der Waals surface area contributed by atoms with Crippen molar-refractivity contribution >= 4 is 11.6 Å². The van der Waals surface area contributed by atoms with Crippen molar-refractivity contribution in [1.82, 2.24) is 9.97 Å². The summed E-state index contributed by atoms with van der Waals surface area (Å²) in [7, 11) is 2.03. The molecule has 0 unspecified atom stereocenters. The number of nitrogens with two attached hydrogens (primary N) is 1. The first-order valence-electron chi connectivity index (χ1n) is 7.67. The van der Waals surface area contributed by atoms with E-state index in [-0.39, 0.29) is 5.92 Å². The average molecular weight is 293 g/mol. The molecule has 3 N–H and O–H groups in total. The Hall–Kier alpha value is -1.40. The lowest BCUT2D eigenvalue weighted by Crippen LogP contribution is -2.26. The zero-order valence-electron chi connectivity index (χ0n) is 13.5. The fourth-order valence-corrected chi connectivity index (χ4v) is 2.13. The number of hydrogen-bond donors (Lipinski definition) is 2. The van der Waals surface area contributed by atoms with E-state index in [0.717, 1.165) is 42.9 Å². The van der Waals surface area contributed by atoms with Crippen LogP contribution in [-0.2, 0) is 4.74 Å². The van der Waals surface area contributed by atoms with Gasteiger partial charge < -0.3 is 15.1 Å². The van der Waals surface area contributed by atoms with Gasteiger partial charge in [0.15, 0.2) is 0 Å². The van der Waals surface area contributed by atoms with Crippen molar-refractivity contribution in [2.24, 2.45) is 11.8 Å². The average Bonchev–Trinajstić information content (AvgIpc) is 3.27. The number of anilines is 2. The molecule has 2 rings (SSSR count). The van der Waals surface area contributed by atoms with Gasteiger partial charge in [-0.2, -0.15) is 0 Å². The second-order valence-electron chi connectivity index (χ2n) is 6.12. The largest absolute Gasteiger partial charge is 0.379 e. The van der Waals surface area contributed by atoms with Crippen LogP contribution in [0.4, 0.5) is 11.6 Å². The van der Waals surface area contributed by atoms with E-state index < -0.39 is 0 Å². The topological polar surface area (TPSA) is 76.3 Å². The van der Waals surface area contributed by atoms with Crippen molar-refractivity contribution < 1.29 is 4.74 Å². The molecule has 6 nitrogen and oxygen atoms in total. The molecular formula is C15H27N5O. The van der Waals surface area contributed by atoms with Crippen LogP contribution < -0.4 is 16.2 Å². The summed E-state index contributed by atoms with van der Waals surface area (Å²) in [6, 6.07) is 0. The van der Waals surface area contributed by atoms with Crippen LogP contribution in [0.25, 0.3) is 0 Å². The molecule has 1 fully saturated rings. The van der Waals surface area contributed by atoms with Crippen LogP contribution >= 0.6 is 0 Å². The quantitative estimate of drug-likeness (QED) is 0.434. The van der Waals surface area contributed by atoms with Gasteiger partial charge in [0, 0.05) is 31.7 Å². The number of rotatable bonds is 8. The zero-order chi connectivity index (χ0) is 15.4. The molecule has 1 aliphatic carbocycles. The molecule has 0 aliphatic heterocycles. The van der Waals surface area contributed by atoms with Crippen LogP contribution in [0.1, 0.15) is 44.0 Å². The Morgan fingerprint density at radius 2 is 2.10 bits per heavy atom. The van der Waals surface area contributed by atoms with E-state index in [2.05, 4.69) is 34.1 Å². The molecule has 6 heteroatoms. The minimum absolute atomic E-state index is 0.260. The highest BCUT2D eigenvalue weighted by molar-refractivity contribution is 5.58. The Kier molecular flexibility index (Phi) is 5.36. The van der Waals surface area contributed by atoms with E-state index >= 15 is 0 Å². The van der Waals surface area contributed by atoms with Gasteiger partial charge in [-0.3, -0.25) is 0 Å². The van der Waals surface area contributed by atoms with Crippen LogP contribution in [0, 0.1) is 12.8 Å². The summed E-state index contributed by atoms with van der Waals surface area (Å²) in [6.07, 6.45) is 2.65. The van der Waals surface area contributed by atoms with E-state index in [4.69, 9.17) is 10.6 Å². The Balaban J connectivity index is 2.02. The van der Waals surface area contributed by atoms with Crippen molar-refractivity contribution in [3.8, 4) is 0 Å². The summed E-state index contributed by atoms with van der Waals surface area (Å²) < 4.78 is 5.70. The Morgan fingerprint density at radius 1 is 1.38 bits per heavy atom. The summed E-state index contributed by atoms with van der Waals surface area (Å²) in [5.41, 5.74) is 3.63. The maximum atomic E-state index is 5.70. The molecule has 0 saturated heterocycles. The van der Waals surface area contributed by atoms with Crippen molar-refractivity contribution in [3.63, 3.8) is 0 Å². The lowest BCUT2D eigenvalue weighted by atomic mass is 10.2. The molecular weight excluding hydrogens is 266 g/mol. The predicted molar refractivity (Wildman–Crippen MR) is 85.5 cm³/mol. The van der Waals surface area contributed by atoms with Crippen LogP contribution in [-0.4, -0.2) is 36.8 Å². The first-order chi connectivity index (χ1) is 10.0. The Bertz CT molecular complexity index is 473. The second-order valence-corrected chi connectivity index (χ2v) is 6.12. The minimum Gasteiger partial charge on any atom is -0.379 e. The summed E-state index contributed by atoms with van der Waals surface area (Å²) in [5.74, 6) is 9.03. The summed E-state index contributed by atoms with van der Waals surface area (Å²) >= 11 is 0. The van der Waals surface area contributed by atoms with Crippen molar-refractivity contribution in [2.45, 2.75) is 39.5 Å². The van der Waals surface area contributed by atoms with Gasteiger partial charge in [0.2, 0.25) is 0 Å². The molecule has 1 saturated carbocycles. The number of likely N-dealkylation sites (N-methyl/N-ethyl adjacent to an activating group) is 1. The highest BCUT2D eigenvalue weighted by Gasteiger charge is 2.21. The van der Waals surface area contributed by atoms with E-state index in [1.807, 2.05) is 14.0 Å². The monoisotopic (exact) mass is 293 g/mol. The van der Waals surface area contributed by atoms with Gasteiger partial charge in [0.05, 0.1) is 6.61 Å². The fraction of sp³-hybridized carbons (Fsp3) is 0.733. The lowest BCUT2D eigenvalue weighted by Gasteiger charge is -2.22. The van der Waals surface area contributed by atoms with Gasteiger partial charge >= 0.3 is 0 Å². The SMILES string of the molecule is Cc1c(NN)nc(C(C)C)nc1N(C)CCOCC1CC1. The van der Waals surface area contributed by atoms with E-state index in [0.29, 0.717) is 5.82 Å². The van der Waals surface area contributed by atoms with Gasteiger partial charge in [0.1, 0.15) is 17.5 Å². The highest BCUT2D eigenvalue weighted by Crippen LogP contribution is 2.29. The standard InChI is InChI=1S/C15H27N5O/c1-10(2)13-17-14(19-16)11(3)15(18-13)20(4)7-8-21-9-12-5-6-12/h10,12H,5-9,16H2,1-4H3,(H,17,18,19). The number of aromatic nitrogens is 2. The molecule has 1 heterocycles. The molecule has 0 amide bonds. The maximum Gasteiger partial charge on any atom is 0.148 e. The van der Waals surface area contributed by atoms with Crippen molar-refractivity contribution in [1.29, 1.82) is 0 Å². The maximum absolute atomic E-state index is 5.70. The summed E-state index contributed by atoms with van der Waals surface area (Å²) in [6.45, 7) is 8.56.